The number of hydrogen-bond donors (Lipinski definition) is 2. The topological polar surface area (TPSA) is 52.6 Å². The van der Waals surface area contributed by atoms with Crippen LogP contribution in [0.1, 0.15) is 37.7 Å². The van der Waals surface area contributed by atoms with E-state index < -0.39 is 0 Å². The third-order valence-electron chi connectivity index (χ3n) is 5.61. The first-order valence-corrected chi connectivity index (χ1v) is 9.39. The van der Waals surface area contributed by atoms with Crippen LogP contribution in [0.2, 0.25) is 5.02 Å². The highest BCUT2D eigenvalue weighted by atomic mass is 35.5. The van der Waals surface area contributed by atoms with Crippen LogP contribution in [0.25, 0.3) is 0 Å². The lowest BCUT2D eigenvalue weighted by Gasteiger charge is -2.41. The van der Waals surface area contributed by atoms with Crippen LogP contribution in [0.5, 0.6) is 0 Å². The van der Waals surface area contributed by atoms with Gasteiger partial charge >= 0.3 is 0 Å². The summed E-state index contributed by atoms with van der Waals surface area (Å²) in [5, 5.41) is 13.2. The minimum atomic E-state index is -0.361. The molecule has 1 saturated carbocycles. The predicted octanol–water partition coefficient (Wildman–Crippen LogP) is 2.58. The quantitative estimate of drug-likeness (QED) is 0.829. The Morgan fingerprint density at radius 2 is 2.04 bits per heavy atom. The SMILES string of the molecule is O=C(NCCN1CCC[C@H](CO)C1)C1(c2ccc(Cl)cc2)CCC1. The van der Waals surface area contributed by atoms with Gasteiger partial charge in [0.15, 0.2) is 0 Å². The zero-order chi connectivity index (χ0) is 17.0. The van der Waals surface area contributed by atoms with E-state index in [4.69, 9.17) is 11.6 Å². The van der Waals surface area contributed by atoms with Gasteiger partial charge in [-0.1, -0.05) is 30.2 Å². The molecule has 3 rings (SSSR count). The molecule has 0 aromatic heterocycles. The van der Waals surface area contributed by atoms with E-state index >= 15 is 0 Å². The number of halogens is 1. The average molecular weight is 351 g/mol. The normalized spacial score (nSPS) is 23.5. The summed E-state index contributed by atoms with van der Waals surface area (Å²) in [5.74, 6) is 0.535. The Morgan fingerprint density at radius 1 is 1.29 bits per heavy atom. The molecule has 2 aliphatic rings. The van der Waals surface area contributed by atoms with Crippen molar-refractivity contribution in [1.82, 2.24) is 10.2 Å². The maximum Gasteiger partial charge on any atom is 0.230 e. The number of aliphatic hydroxyl groups is 1. The molecule has 1 aliphatic carbocycles. The van der Waals surface area contributed by atoms with Crippen molar-refractivity contribution in [2.45, 2.75) is 37.5 Å². The predicted molar refractivity (Wildman–Crippen MR) is 96.2 cm³/mol. The highest BCUT2D eigenvalue weighted by Crippen LogP contribution is 2.44. The summed E-state index contributed by atoms with van der Waals surface area (Å²) < 4.78 is 0. The van der Waals surface area contributed by atoms with Crippen LogP contribution in [-0.2, 0) is 10.2 Å². The van der Waals surface area contributed by atoms with Crippen LogP contribution in [0.4, 0.5) is 0 Å². The highest BCUT2D eigenvalue weighted by Gasteiger charge is 2.45. The Bertz CT molecular complexity index is 557. The molecule has 0 bridgehead atoms. The molecular weight excluding hydrogens is 324 g/mol. The number of nitrogens with one attached hydrogen (secondary N) is 1. The zero-order valence-corrected chi connectivity index (χ0v) is 14.9. The Balaban J connectivity index is 1.53. The van der Waals surface area contributed by atoms with Gasteiger partial charge in [-0.2, -0.15) is 0 Å². The van der Waals surface area contributed by atoms with Gasteiger partial charge in [-0.3, -0.25) is 4.79 Å². The molecule has 1 saturated heterocycles. The first kappa shape index (κ1) is 17.7. The first-order chi connectivity index (χ1) is 11.6. The van der Waals surface area contributed by atoms with E-state index in [1.54, 1.807) is 0 Å². The highest BCUT2D eigenvalue weighted by molar-refractivity contribution is 6.30. The minimum absolute atomic E-state index is 0.145. The molecule has 1 aromatic carbocycles. The molecule has 0 unspecified atom stereocenters. The van der Waals surface area contributed by atoms with E-state index in [-0.39, 0.29) is 17.9 Å². The van der Waals surface area contributed by atoms with Crippen molar-refractivity contribution in [1.29, 1.82) is 0 Å². The van der Waals surface area contributed by atoms with Gasteiger partial charge in [-0.05, 0) is 55.8 Å². The molecule has 0 radical (unpaired) electrons. The minimum Gasteiger partial charge on any atom is -0.396 e. The third kappa shape index (κ3) is 3.76. The van der Waals surface area contributed by atoms with Crippen molar-refractivity contribution < 1.29 is 9.90 Å². The van der Waals surface area contributed by atoms with E-state index in [0.717, 1.165) is 57.3 Å². The molecule has 5 heteroatoms. The van der Waals surface area contributed by atoms with Crippen LogP contribution in [0.3, 0.4) is 0 Å². The number of hydrogen-bond acceptors (Lipinski definition) is 3. The third-order valence-corrected chi connectivity index (χ3v) is 5.87. The molecule has 4 nitrogen and oxygen atoms in total. The summed E-state index contributed by atoms with van der Waals surface area (Å²) in [7, 11) is 0. The van der Waals surface area contributed by atoms with Crippen LogP contribution in [-0.4, -0.2) is 48.7 Å². The maximum atomic E-state index is 12.8. The summed E-state index contributed by atoms with van der Waals surface area (Å²) in [5.41, 5.74) is 0.717. The van der Waals surface area contributed by atoms with E-state index in [9.17, 15) is 9.90 Å². The second kappa shape index (κ2) is 7.85. The number of carbonyl (C=O) groups excluding carboxylic acids is 1. The number of amides is 1. The Hall–Kier alpha value is -1.10. The van der Waals surface area contributed by atoms with Crippen molar-refractivity contribution in [2.24, 2.45) is 5.92 Å². The van der Waals surface area contributed by atoms with E-state index in [2.05, 4.69) is 10.2 Å². The number of aliphatic hydroxyl groups excluding tert-OH is 1. The van der Waals surface area contributed by atoms with Crippen LogP contribution in [0.15, 0.2) is 24.3 Å². The maximum absolute atomic E-state index is 12.8. The molecule has 1 aliphatic heterocycles. The fourth-order valence-corrected chi connectivity index (χ4v) is 4.07. The summed E-state index contributed by atoms with van der Waals surface area (Å²) >= 11 is 5.97. The molecular formula is C19H27ClN2O2. The van der Waals surface area contributed by atoms with E-state index in [1.807, 2.05) is 24.3 Å². The second-order valence-electron chi connectivity index (χ2n) is 7.19. The Labute approximate surface area is 149 Å². The summed E-state index contributed by atoms with van der Waals surface area (Å²) in [4.78, 5) is 15.1. The van der Waals surface area contributed by atoms with Gasteiger partial charge in [-0.15, -0.1) is 0 Å². The van der Waals surface area contributed by atoms with Crippen molar-refractivity contribution in [3.8, 4) is 0 Å². The van der Waals surface area contributed by atoms with Crippen LogP contribution < -0.4 is 5.32 Å². The van der Waals surface area contributed by atoms with E-state index in [1.165, 1.54) is 0 Å². The van der Waals surface area contributed by atoms with Crippen molar-refractivity contribution >= 4 is 17.5 Å². The molecule has 2 N–H and O–H groups in total. The number of piperidine rings is 1. The average Bonchev–Trinajstić information content (AvgIpc) is 2.56. The lowest BCUT2D eigenvalue weighted by molar-refractivity contribution is -0.130. The molecule has 1 amide bonds. The largest absolute Gasteiger partial charge is 0.396 e. The monoisotopic (exact) mass is 350 g/mol. The number of nitrogens with zero attached hydrogens (tertiary/aromatic N) is 1. The fraction of sp³-hybridized carbons (Fsp3) is 0.632. The Morgan fingerprint density at radius 3 is 2.67 bits per heavy atom. The Kier molecular flexibility index (Phi) is 5.80. The molecule has 1 aromatic rings. The van der Waals surface area contributed by atoms with Gasteiger partial charge in [-0.25, -0.2) is 0 Å². The van der Waals surface area contributed by atoms with Crippen LogP contribution in [0, 0.1) is 5.92 Å². The number of carbonyl (C=O) groups is 1. The standard InChI is InChI=1S/C19H27ClN2O2/c20-17-6-4-16(5-7-17)19(8-2-9-19)18(24)21-10-12-22-11-1-3-15(13-22)14-23/h4-7,15,23H,1-3,8-14H2,(H,21,24)/t15-/m0/s1. The summed E-state index contributed by atoms with van der Waals surface area (Å²) in [6.07, 6.45) is 5.17. The van der Waals surface area contributed by atoms with Gasteiger partial charge in [0.2, 0.25) is 5.91 Å². The van der Waals surface area contributed by atoms with Crippen molar-refractivity contribution in [3.63, 3.8) is 0 Å². The van der Waals surface area contributed by atoms with Gasteiger partial charge in [0.25, 0.3) is 0 Å². The lowest BCUT2D eigenvalue weighted by Crippen LogP contribution is -2.51. The molecule has 1 heterocycles. The van der Waals surface area contributed by atoms with Gasteiger partial charge in [0.1, 0.15) is 0 Å². The van der Waals surface area contributed by atoms with E-state index in [0.29, 0.717) is 17.5 Å². The number of likely N-dealkylation sites (tertiary alicyclic amines) is 1. The first-order valence-electron chi connectivity index (χ1n) is 9.01. The van der Waals surface area contributed by atoms with Gasteiger partial charge in [0.05, 0.1) is 5.41 Å². The number of benzene rings is 1. The van der Waals surface area contributed by atoms with Gasteiger partial charge < -0.3 is 15.3 Å². The lowest BCUT2D eigenvalue weighted by atomic mass is 9.64. The summed E-state index contributed by atoms with van der Waals surface area (Å²) in [6.45, 7) is 3.80. The number of rotatable bonds is 6. The van der Waals surface area contributed by atoms with Crippen molar-refractivity contribution in [3.05, 3.63) is 34.9 Å². The van der Waals surface area contributed by atoms with Gasteiger partial charge in [0, 0.05) is 31.3 Å². The molecule has 132 valence electrons. The molecule has 1 atom stereocenters. The molecule has 2 fully saturated rings. The second-order valence-corrected chi connectivity index (χ2v) is 7.63. The summed E-state index contributed by atoms with van der Waals surface area (Å²) in [6, 6.07) is 7.70. The molecule has 0 spiro atoms. The smallest absolute Gasteiger partial charge is 0.230 e. The van der Waals surface area contributed by atoms with Crippen molar-refractivity contribution in [2.75, 3.05) is 32.8 Å². The van der Waals surface area contributed by atoms with Crippen LogP contribution >= 0.6 is 11.6 Å². The zero-order valence-electron chi connectivity index (χ0n) is 14.1. The molecule has 24 heavy (non-hydrogen) atoms. The fourth-order valence-electron chi connectivity index (χ4n) is 3.95.